The molecule has 0 saturated carbocycles. The van der Waals surface area contributed by atoms with Crippen LogP contribution in [0.5, 0.6) is 0 Å². The molecule has 0 atom stereocenters. The van der Waals surface area contributed by atoms with Gasteiger partial charge < -0.3 is 5.73 Å². The fraction of sp³-hybridized carbons (Fsp3) is 0.0909. The predicted octanol–water partition coefficient (Wildman–Crippen LogP) is 2.00. The molecule has 1 aromatic carbocycles. The molecule has 0 amide bonds. The van der Waals surface area contributed by atoms with E-state index >= 15 is 0 Å². The van der Waals surface area contributed by atoms with Crippen molar-refractivity contribution >= 4 is 16.7 Å². The maximum Gasteiger partial charge on any atom is 0.142 e. The number of aromatic nitrogens is 1. The molecule has 0 spiro atoms. The lowest BCUT2D eigenvalue weighted by atomic mass is 10.1. The van der Waals surface area contributed by atoms with Crippen molar-refractivity contribution in [2.24, 2.45) is 0 Å². The molecule has 1 aromatic heterocycles. The number of hydrogen-bond donors (Lipinski definition) is 1. The number of nitrogen functional groups attached to an aromatic ring is 1. The summed E-state index contributed by atoms with van der Waals surface area (Å²) in [6.07, 6.45) is 0. The first kappa shape index (κ1) is 8.52. The number of fused-ring (bicyclic) bond motifs is 1. The van der Waals surface area contributed by atoms with Gasteiger partial charge in [0, 0.05) is 5.39 Å². The molecular weight excluding hydrogens is 174 g/mol. The Morgan fingerprint density at radius 1 is 1.36 bits per heavy atom. The Morgan fingerprint density at radius 3 is 2.86 bits per heavy atom. The van der Waals surface area contributed by atoms with Gasteiger partial charge in [-0.2, -0.15) is 5.26 Å². The Kier molecular flexibility index (Phi) is 1.83. The van der Waals surface area contributed by atoms with E-state index in [0.717, 1.165) is 16.5 Å². The summed E-state index contributed by atoms with van der Waals surface area (Å²) in [7, 11) is 0. The van der Waals surface area contributed by atoms with E-state index in [1.165, 1.54) is 0 Å². The van der Waals surface area contributed by atoms with Crippen molar-refractivity contribution in [2.75, 3.05) is 5.73 Å². The number of nitriles is 1. The lowest BCUT2D eigenvalue weighted by Crippen LogP contribution is -1.95. The molecule has 0 aliphatic heterocycles. The zero-order valence-corrected chi connectivity index (χ0v) is 7.78. The van der Waals surface area contributed by atoms with E-state index in [9.17, 15) is 0 Å². The number of nitrogens with zero attached hydrogens (tertiary/aromatic N) is 2. The minimum atomic E-state index is 0.295. The maximum atomic E-state index is 8.78. The van der Waals surface area contributed by atoms with Gasteiger partial charge in [0.25, 0.3) is 0 Å². The Hall–Kier alpha value is -2.08. The first-order valence-corrected chi connectivity index (χ1v) is 4.27. The molecule has 3 nitrogen and oxygen atoms in total. The van der Waals surface area contributed by atoms with Crippen LogP contribution in [0.15, 0.2) is 24.3 Å². The van der Waals surface area contributed by atoms with E-state index in [1.54, 1.807) is 6.07 Å². The summed E-state index contributed by atoms with van der Waals surface area (Å²) in [5.41, 5.74) is 8.01. The van der Waals surface area contributed by atoms with Gasteiger partial charge in [0.1, 0.15) is 11.9 Å². The van der Waals surface area contributed by atoms with Crippen LogP contribution in [0.2, 0.25) is 0 Å². The van der Waals surface area contributed by atoms with Crippen LogP contribution < -0.4 is 5.73 Å². The third kappa shape index (κ3) is 1.27. The van der Waals surface area contributed by atoms with Crippen molar-refractivity contribution in [3.8, 4) is 6.07 Å². The Bertz CT molecular complexity index is 538. The Morgan fingerprint density at radius 2 is 2.14 bits per heavy atom. The van der Waals surface area contributed by atoms with Crippen LogP contribution in [0.4, 0.5) is 5.82 Å². The van der Waals surface area contributed by atoms with Gasteiger partial charge in [-0.15, -0.1) is 0 Å². The van der Waals surface area contributed by atoms with Crippen molar-refractivity contribution < 1.29 is 0 Å². The van der Waals surface area contributed by atoms with Gasteiger partial charge in [-0.1, -0.05) is 11.6 Å². The molecule has 0 radical (unpaired) electrons. The number of hydrogen-bond acceptors (Lipinski definition) is 3. The summed E-state index contributed by atoms with van der Waals surface area (Å²) in [4.78, 5) is 4.14. The first-order valence-electron chi connectivity index (χ1n) is 4.27. The van der Waals surface area contributed by atoms with E-state index in [4.69, 9.17) is 11.0 Å². The van der Waals surface area contributed by atoms with Gasteiger partial charge in [0.05, 0.1) is 11.1 Å². The average molecular weight is 183 g/mol. The van der Waals surface area contributed by atoms with Gasteiger partial charge in [-0.3, -0.25) is 0 Å². The molecular formula is C11H9N3. The fourth-order valence-electron chi connectivity index (χ4n) is 1.40. The quantitative estimate of drug-likeness (QED) is 0.679. The maximum absolute atomic E-state index is 8.78. The lowest BCUT2D eigenvalue weighted by molar-refractivity contribution is 1.37. The number of rotatable bonds is 0. The Balaban J connectivity index is 2.82. The van der Waals surface area contributed by atoms with E-state index in [1.807, 2.05) is 31.2 Å². The summed E-state index contributed by atoms with van der Waals surface area (Å²) >= 11 is 0. The monoisotopic (exact) mass is 183 g/mol. The van der Waals surface area contributed by atoms with Crippen molar-refractivity contribution in [1.29, 1.82) is 5.26 Å². The summed E-state index contributed by atoms with van der Waals surface area (Å²) in [6.45, 7) is 2.00. The fourth-order valence-corrected chi connectivity index (χ4v) is 1.40. The van der Waals surface area contributed by atoms with Crippen LogP contribution in [0, 0.1) is 18.3 Å². The van der Waals surface area contributed by atoms with Gasteiger partial charge in [0.15, 0.2) is 0 Å². The van der Waals surface area contributed by atoms with Gasteiger partial charge in [-0.25, -0.2) is 4.98 Å². The van der Waals surface area contributed by atoms with Crippen LogP contribution in [-0.2, 0) is 0 Å². The van der Waals surface area contributed by atoms with Crippen LogP contribution in [0.25, 0.3) is 10.9 Å². The zero-order chi connectivity index (χ0) is 10.1. The molecule has 14 heavy (non-hydrogen) atoms. The van der Waals surface area contributed by atoms with E-state index < -0.39 is 0 Å². The number of nitrogens with two attached hydrogens (primary N) is 1. The summed E-state index contributed by atoms with van der Waals surface area (Å²) < 4.78 is 0. The topological polar surface area (TPSA) is 62.7 Å². The number of aryl methyl sites for hydroxylation is 1. The molecule has 0 aliphatic rings. The van der Waals surface area contributed by atoms with Gasteiger partial charge in [0.2, 0.25) is 0 Å². The molecule has 2 N–H and O–H groups in total. The molecule has 3 heteroatoms. The van der Waals surface area contributed by atoms with Crippen LogP contribution in [0.3, 0.4) is 0 Å². The first-order chi connectivity index (χ1) is 6.70. The second-order valence-electron chi connectivity index (χ2n) is 3.23. The molecule has 0 saturated heterocycles. The second-order valence-corrected chi connectivity index (χ2v) is 3.23. The highest BCUT2D eigenvalue weighted by Crippen LogP contribution is 2.18. The van der Waals surface area contributed by atoms with E-state index in [2.05, 4.69) is 4.98 Å². The second kappa shape index (κ2) is 3.00. The van der Waals surface area contributed by atoms with Gasteiger partial charge >= 0.3 is 0 Å². The SMILES string of the molecule is Cc1ccc2nc(N)c(C#N)cc2c1. The third-order valence-corrected chi connectivity index (χ3v) is 2.12. The minimum absolute atomic E-state index is 0.295. The summed E-state index contributed by atoms with van der Waals surface area (Å²) in [5, 5.41) is 9.73. The van der Waals surface area contributed by atoms with Gasteiger partial charge in [-0.05, 0) is 25.1 Å². The molecule has 0 unspecified atom stereocenters. The van der Waals surface area contributed by atoms with Crippen LogP contribution in [0.1, 0.15) is 11.1 Å². The average Bonchev–Trinajstić information content (AvgIpc) is 2.17. The van der Waals surface area contributed by atoms with Crippen molar-refractivity contribution in [3.05, 3.63) is 35.4 Å². The van der Waals surface area contributed by atoms with E-state index in [-0.39, 0.29) is 0 Å². The van der Waals surface area contributed by atoms with Crippen LogP contribution in [-0.4, -0.2) is 4.98 Å². The van der Waals surface area contributed by atoms with E-state index in [0.29, 0.717) is 11.4 Å². The van der Waals surface area contributed by atoms with Crippen molar-refractivity contribution in [1.82, 2.24) is 4.98 Å². The molecule has 68 valence electrons. The predicted molar refractivity (Wildman–Crippen MR) is 55.6 cm³/mol. The molecule has 1 heterocycles. The highest BCUT2D eigenvalue weighted by molar-refractivity contribution is 5.83. The Labute approximate surface area is 81.8 Å². The minimum Gasteiger partial charge on any atom is -0.383 e. The third-order valence-electron chi connectivity index (χ3n) is 2.12. The summed E-state index contributed by atoms with van der Waals surface area (Å²) in [6, 6.07) is 9.65. The smallest absolute Gasteiger partial charge is 0.142 e. The molecule has 2 rings (SSSR count). The lowest BCUT2D eigenvalue weighted by Gasteiger charge is -2.01. The summed E-state index contributed by atoms with van der Waals surface area (Å²) in [5.74, 6) is 0.295. The highest BCUT2D eigenvalue weighted by atomic mass is 14.8. The number of anilines is 1. The largest absolute Gasteiger partial charge is 0.383 e. The normalized spacial score (nSPS) is 10.0. The zero-order valence-electron chi connectivity index (χ0n) is 7.78. The number of pyridine rings is 1. The van der Waals surface area contributed by atoms with Crippen LogP contribution >= 0.6 is 0 Å². The van der Waals surface area contributed by atoms with Crippen molar-refractivity contribution in [2.45, 2.75) is 6.92 Å². The van der Waals surface area contributed by atoms with Crippen molar-refractivity contribution in [3.63, 3.8) is 0 Å². The molecule has 0 bridgehead atoms. The standard InChI is InChI=1S/C11H9N3/c1-7-2-3-10-8(4-7)5-9(6-12)11(13)14-10/h2-5H,1H3,(H2,13,14). The molecule has 0 aliphatic carbocycles. The molecule has 0 fully saturated rings. The molecule has 2 aromatic rings. The number of benzene rings is 1. The highest BCUT2D eigenvalue weighted by Gasteiger charge is 2.02.